The number of hydrogen-bond acceptors (Lipinski definition) is 5. The van der Waals surface area contributed by atoms with E-state index in [2.05, 4.69) is 0 Å². The summed E-state index contributed by atoms with van der Waals surface area (Å²) in [5, 5.41) is 0. The van der Waals surface area contributed by atoms with Crippen molar-refractivity contribution in [2.45, 2.75) is 27.7 Å². The van der Waals surface area contributed by atoms with E-state index >= 15 is 0 Å². The Labute approximate surface area is 105 Å². The first-order valence-corrected chi connectivity index (χ1v) is 5.44. The van der Waals surface area contributed by atoms with Gasteiger partial charge in [0.2, 0.25) is 0 Å². The Morgan fingerprint density at radius 3 is 1.39 bits per heavy atom. The third-order valence-electron chi connectivity index (χ3n) is 2.89. The first kappa shape index (κ1) is 13.9. The summed E-state index contributed by atoms with van der Waals surface area (Å²) in [5.41, 5.74) is 12.7. The van der Waals surface area contributed by atoms with E-state index in [4.69, 9.17) is 11.5 Å². The highest BCUT2D eigenvalue weighted by molar-refractivity contribution is 6.18. The molecule has 0 spiro atoms. The lowest BCUT2D eigenvalue weighted by Gasteiger charge is -2.17. The van der Waals surface area contributed by atoms with E-state index in [-0.39, 0.29) is 45.4 Å². The summed E-state index contributed by atoms with van der Waals surface area (Å²) in [6.45, 7) is 5.55. The first-order valence-electron chi connectivity index (χ1n) is 5.44. The van der Waals surface area contributed by atoms with Gasteiger partial charge in [0.1, 0.15) is 0 Å². The van der Waals surface area contributed by atoms with Crippen LogP contribution in [0.3, 0.4) is 0 Å². The number of ketones is 3. The van der Waals surface area contributed by atoms with Gasteiger partial charge in [-0.2, -0.15) is 0 Å². The van der Waals surface area contributed by atoms with Crippen LogP contribution in [0.2, 0.25) is 0 Å². The van der Waals surface area contributed by atoms with Crippen molar-refractivity contribution in [1.82, 2.24) is 0 Å². The van der Waals surface area contributed by atoms with E-state index < -0.39 is 0 Å². The maximum Gasteiger partial charge on any atom is 0.162 e. The molecule has 0 heterocycles. The molecule has 0 aliphatic rings. The lowest BCUT2D eigenvalue weighted by atomic mass is 9.89. The minimum Gasteiger partial charge on any atom is -0.398 e. The molecule has 5 heteroatoms. The topological polar surface area (TPSA) is 103 Å². The lowest BCUT2D eigenvalue weighted by molar-refractivity contribution is 0.0980. The van der Waals surface area contributed by atoms with Crippen molar-refractivity contribution in [2.24, 2.45) is 0 Å². The van der Waals surface area contributed by atoms with Gasteiger partial charge >= 0.3 is 0 Å². The van der Waals surface area contributed by atoms with Crippen molar-refractivity contribution >= 4 is 28.7 Å². The van der Waals surface area contributed by atoms with Crippen molar-refractivity contribution in [2.75, 3.05) is 11.5 Å². The SMILES string of the molecule is CC(=O)c1c(C)c(N)c(C(C)=O)c(C(C)=O)c1N. The molecule has 4 N–H and O–H groups in total. The molecule has 1 aromatic carbocycles. The van der Waals surface area contributed by atoms with Crippen LogP contribution in [0.25, 0.3) is 0 Å². The van der Waals surface area contributed by atoms with E-state index in [1.807, 2.05) is 0 Å². The molecular weight excluding hydrogens is 232 g/mol. The van der Waals surface area contributed by atoms with Gasteiger partial charge in [-0.1, -0.05) is 0 Å². The van der Waals surface area contributed by atoms with E-state index in [0.717, 1.165) is 0 Å². The van der Waals surface area contributed by atoms with Crippen molar-refractivity contribution in [3.8, 4) is 0 Å². The number of nitrogen functional groups attached to an aromatic ring is 2. The summed E-state index contributed by atoms with van der Waals surface area (Å²) >= 11 is 0. The van der Waals surface area contributed by atoms with Gasteiger partial charge in [-0.05, 0) is 33.3 Å². The highest BCUT2D eigenvalue weighted by Crippen LogP contribution is 2.33. The van der Waals surface area contributed by atoms with E-state index in [0.29, 0.717) is 5.56 Å². The number of nitrogens with two attached hydrogens (primary N) is 2. The monoisotopic (exact) mass is 248 g/mol. The van der Waals surface area contributed by atoms with Crippen LogP contribution in [0.5, 0.6) is 0 Å². The van der Waals surface area contributed by atoms with Crippen LogP contribution in [-0.2, 0) is 0 Å². The molecule has 0 aliphatic carbocycles. The van der Waals surface area contributed by atoms with E-state index in [9.17, 15) is 14.4 Å². The van der Waals surface area contributed by atoms with Gasteiger partial charge in [0.15, 0.2) is 17.3 Å². The fourth-order valence-electron chi connectivity index (χ4n) is 2.10. The van der Waals surface area contributed by atoms with E-state index in [1.54, 1.807) is 6.92 Å². The first-order chi connectivity index (χ1) is 8.20. The van der Waals surface area contributed by atoms with Crippen LogP contribution in [-0.4, -0.2) is 17.3 Å². The fourth-order valence-corrected chi connectivity index (χ4v) is 2.10. The van der Waals surface area contributed by atoms with Crippen molar-refractivity contribution in [1.29, 1.82) is 0 Å². The van der Waals surface area contributed by atoms with E-state index in [1.165, 1.54) is 20.8 Å². The molecule has 0 bridgehead atoms. The average molecular weight is 248 g/mol. The largest absolute Gasteiger partial charge is 0.398 e. The average Bonchev–Trinajstić information content (AvgIpc) is 2.21. The van der Waals surface area contributed by atoms with Crippen LogP contribution in [0.4, 0.5) is 11.4 Å². The number of carbonyl (C=O) groups is 3. The van der Waals surface area contributed by atoms with Crippen molar-refractivity contribution < 1.29 is 14.4 Å². The zero-order valence-corrected chi connectivity index (χ0v) is 10.9. The summed E-state index contributed by atoms with van der Waals surface area (Å²) in [6, 6.07) is 0. The molecule has 1 rings (SSSR count). The molecule has 0 saturated heterocycles. The number of anilines is 2. The predicted octanol–water partition coefficient (Wildman–Crippen LogP) is 1.77. The number of carbonyl (C=O) groups excluding carboxylic acids is 3. The second-order valence-corrected chi connectivity index (χ2v) is 4.25. The summed E-state index contributed by atoms with van der Waals surface area (Å²) in [5.74, 6) is -1.01. The van der Waals surface area contributed by atoms with Gasteiger partial charge in [-0.3, -0.25) is 14.4 Å². The maximum atomic E-state index is 11.6. The smallest absolute Gasteiger partial charge is 0.162 e. The molecule has 0 aliphatic heterocycles. The fraction of sp³-hybridized carbons (Fsp3) is 0.308. The molecule has 0 saturated carbocycles. The second-order valence-electron chi connectivity index (χ2n) is 4.25. The summed E-state index contributed by atoms with van der Waals surface area (Å²) in [4.78, 5) is 34.8. The molecular formula is C13H16N2O3. The van der Waals surface area contributed by atoms with Gasteiger partial charge < -0.3 is 11.5 Å². The minimum absolute atomic E-state index is 0.0342. The Balaban J connectivity index is 3.94. The van der Waals surface area contributed by atoms with Gasteiger partial charge in [-0.25, -0.2) is 0 Å². The summed E-state index contributed by atoms with van der Waals surface area (Å²) in [7, 11) is 0. The Bertz CT molecular complexity index is 574. The van der Waals surface area contributed by atoms with Gasteiger partial charge in [0, 0.05) is 11.3 Å². The highest BCUT2D eigenvalue weighted by Gasteiger charge is 2.25. The molecule has 0 unspecified atom stereocenters. The molecule has 5 nitrogen and oxygen atoms in total. The number of benzene rings is 1. The number of hydrogen-bond donors (Lipinski definition) is 2. The molecule has 0 radical (unpaired) electrons. The summed E-state index contributed by atoms with van der Waals surface area (Å²) < 4.78 is 0. The quantitative estimate of drug-likeness (QED) is 0.626. The minimum atomic E-state index is -0.382. The molecule has 0 aromatic heterocycles. The molecule has 0 fully saturated rings. The van der Waals surface area contributed by atoms with Gasteiger partial charge in [-0.15, -0.1) is 0 Å². The van der Waals surface area contributed by atoms with Gasteiger partial charge in [0.05, 0.1) is 16.8 Å². The van der Waals surface area contributed by atoms with Crippen LogP contribution in [0, 0.1) is 6.92 Å². The normalized spacial score (nSPS) is 10.2. The molecule has 96 valence electrons. The standard InChI is InChI=1S/C13H16N2O3/c1-5-9(6(2)16)13(15)11(8(4)18)10(7(3)17)12(5)14/h14-15H2,1-4H3. The predicted molar refractivity (Wildman–Crippen MR) is 70.0 cm³/mol. The zero-order valence-electron chi connectivity index (χ0n) is 10.9. The highest BCUT2D eigenvalue weighted by atomic mass is 16.1. The number of rotatable bonds is 3. The Hall–Kier alpha value is -2.17. The summed E-state index contributed by atoms with van der Waals surface area (Å²) in [6.07, 6.45) is 0. The van der Waals surface area contributed by atoms with Crippen LogP contribution < -0.4 is 11.5 Å². The Kier molecular flexibility index (Phi) is 3.55. The number of Topliss-reactive ketones (excluding diaryl/α,β-unsaturated/α-hetero) is 3. The molecule has 1 aromatic rings. The third kappa shape index (κ3) is 1.99. The Morgan fingerprint density at radius 1 is 0.722 bits per heavy atom. The van der Waals surface area contributed by atoms with Crippen LogP contribution >= 0.6 is 0 Å². The van der Waals surface area contributed by atoms with Gasteiger partial charge in [0.25, 0.3) is 0 Å². The molecule has 0 amide bonds. The van der Waals surface area contributed by atoms with Crippen molar-refractivity contribution in [3.63, 3.8) is 0 Å². The van der Waals surface area contributed by atoms with Crippen LogP contribution in [0.1, 0.15) is 57.4 Å². The second kappa shape index (κ2) is 4.60. The molecule has 18 heavy (non-hydrogen) atoms. The Morgan fingerprint density at radius 2 is 1.06 bits per heavy atom. The zero-order chi connectivity index (χ0) is 14.2. The van der Waals surface area contributed by atoms with Crippen molar-refractivity contribution in [3.05, 3.63) is 22.3 Å². The maximum absolute atomic E-state index is 11.6. The van der Waals surface area contributed by atoms with Crippen LogP contribution in [0.15, 0.2) is 0 Å². The third-order valence-corrected chi connectivity index (χ3v) is 2.89. The lowest BCUT2D eigenvalue weighted by Crippen LogP contribution is -2.17. The molecule has 0 atom stereocenters.